The van der Waals surface area contributed by atoms with Crippen LogP contribution in [-0.4, -0.2) is 23.4 Å². The standard InChI is InChI=1S/C18H13Cl2F3N4O/c1-24-17-26-15(10-3-2-4-12(7-10)28-18(21,22)23)9-16(27-17)25-11-5-6-13(19)14(20)8-11/h2-9H,1H3,(H2,24,25,26,27). The number of ether oxygens (including phenoxy) is 1. The zero-order valence-corrected chi connectivity index (χ0v) is 15.8. The van der Waals surface area contributed by atoms with Crippen LogP contribution >= 0.6 is 23.2 Å². The number of anilines is 3. The third kappa shape index (κ3) is 5.17. The number of rotatable bonds is 5. The lowest BCUT2D eigenvalue weighted by atomic mass is 10.1. The third-order valence-electron chi connectivity index (χ3n) is 3.51. The van der Waals surface area contributed by atoms with E-state index < -0.39 is 6.36 Å². The number of nitrogens with one attached hydrogen (secondary N) is 2. The molecule has 0 aliphatic heterocycles. The molecule has 0 radical (unpaired) electrons. The second kappa shape index (κ2) is 8.12. The molecule has 2 aromatic carbocycles. The van der Waals surface area contributed by atoms with Crippen molar-refractivity contribution in [3.05, 3.63) is 58.6 Å². The summed E-state index contributed by atoms with van der Waals surface area (Å²) in [5.74, 6) is 0.352. The van der Waals surface area contributed by atoms with Crippen molar-refractivity contribution in [3.8, 4) is 17.0 Å². The summed E-state index contributed by atoms with van der Waals surface area (Å²) >= 11 is 11.9. The van der Waals surface area contributed by atoms with Crippen molar-refractivity contribution in [2.45, 2.75) is 6.36 Å². The van der Waals surface area contributed by atoms with Gasteiger partial charge in [-0.1, -0.05) is 35.3 Å². The SMILES string of the molecule is CNc1nc(Nc2ccc(Cl)c(Cl)c2)cc(-c2cccc(OC(F)(F)F)c2)n1. The van der Waals surface area contributed by atoms with E-state index in [2.05, 4.69) is 25.3 Å². The molecule has 1 heterocycles. The Hall–Kier alpha value is -2.71. The van der Waals surface area contributed by atoms with Gasteiger partial charge in [-0.25, -0.2) is 4.98 Å². The van der Waals surface area contributed by atoms with E-state index in [9.17, 15) is 13.2 Å². The molecule has 0 bridgehead atoms. The molecule has 5 nitrogen and oxygen atoms in total. The molecule has 0 spiro atoms. The quantitative estimate of drug-likeness (QED) is 0.511. The van der Waals surface area contributed by atoms with Gasteiger partial charge in [0.1, 0.15) is 11.6 Å². The molecule has 146 valence electrons. The number of alkyl halides is 3. The molecule has 1 aromatic heterocycles. The zero-order chi connectivity index (χ0) is 20.3. The fourth-order valence-electron chi connectivity index (χ4n) is 2.35. The first-order chi connectivity index (χ1) is 13.2. The van der Waals surface area contributed by atoms with Crippen molar-refractivity contribution >= 4 is 40.7 Å². The highest BCUT2D eigenvalue weighted by molar-refractivity contribution is 6.42. The van der Waals surface area contributed by atoms with Gasteiger partial charge in [-0.15, -0.1) is 13.2 Å². The Kier molecular flexibility index (Phi) is 5.81. The van der Waals surface area contributed by atoms with Gasteiger partial charge in [0.25, 0.3) is 0 Å². The first-order valence-electron chi connectivity index (χ1n) is 7.88. The minimum atomic E-state index is -4.78. The fourth-order valence-corrected chi connectivity index (χ4v) is 2.64. The van der Waals surface area contributed by atoms with Crippen molar-refractivity contribution < 1.29 is 17.9 Å². The molecule has 0 saturated carbocycles. The Balaban J connectivity index is 1.95. The molecule has 10 heteroatoms. The maximum atomic E-state index is 12.5. The molecule has 0 aliphatic rings. The highest BCUT2D eigenvalue weighted by atomic mass is 35.5. The van der Waals surface area contributed by atoms with Gasteiger partial charge in [0.05, 0.1) is 15.7 Å². The topological polar surface area (TPSA) is 59.1 Å². The van der Waals surface area contributed by atoms with Crippen LogP contribution in [-0.2, 0) is 0 Å². The van der Waals surface area contributed by atoms with Gasteiger partial charge in [-0.2, -0.15) is 4.98 Å². The monoisotopic (exact) mass is 428 g/mol. The maximum absolute atomic E-state index is 12.5. The molecule has 0 aliphatic carbocycles. The van der Waals surface area contributed by atoms with E-state index in [0.29, 0.717) is 32.8 Å². The lowest BCUT2D eigenvalue weighted by Crippen LogP contribution is -2.17. The van der Waals surface area contributed by atoms with Crippen molar-refractivity contribution in [2.24, 2.45) is 0 Å². The van der Waals surface area contributed by atoms with E-state index in [-0.39, 0.29) is 11.7 Å². The van der Waals surface area contributed by atoms with Crippen LogP contribution in [0.1, 0.15) is 0 Å². The highest BCUT2D eigenvalue weighted by Crippen LogP contribution is 2.30. The number of benzene rings is 2. The summed E-state index contributed by atoms with van der Waals surface area (Å²) in [6.45, 7) is 0. The maximum Gasteiger partial charge on any atom is 0.573 e. The molecule has 0 amide bonds. The minimum Gasteiger partial charge on any atom is -0.406 e. The van der Waals surface area contributed by atoms with Crippen LogP contribution in [0.4, 0.5) is 30.6 Å². The van der Waals surface area contributed by atoms with Crippen LogP contribution in [0.25, 0.3) is 11.3 Å². The summed E-state index contributed by atoms with van der Waals surface area (Å²) in [6.07, 6.45) is -4.78. The summed E-state index contributed by atoms with van der Waals surface area (Å²) < 4.78 is 41.4. The average molecular weight is 429 g/mol. The normalized spacial score (nSPS) is 11.2. The molecule has 3 aromatic rings. The van der Waals surface area contributed by atoms with E-state index in [1.165, 1.54) is 18.2 Å². The lowest BCUT2D eigenvalue weighted by molar-refractivity contribution is -0.274. The van der Waals surface area contributed by atoms with Gasteiger partial charge < -0.3 is 15.4 Å². The number of hydrogen-bond acceptors (Lipinski definition) is 5. The van der Waals surface area contributed by atoms with Crippen molar-refractivity contribution in [3.63, 3.8) is 0 Å². The minimum absolute atomic E-state index is 0.280. The molecule has 0 atom stereocenters. The van der Waals surface area contributed by atoms with Gasteiger partial charge in [0.2, 0.25) is 5.95 Å². The molecular weight excluding hydrogens is 416 g/mol. The Morgan fingerprint density at radius 1 is 0.964 bits per heavy atom. The van der Waals surface area contributed by atoms with Crippen LogP contribution in [0.5, 0.6) is 5.75 Å². The Bertz CT molecular complexity index is 999. The lowest BCUT2D eigenvalue weighted by Gasteiger charge is -2.12. The van der Waals surface area contributed by atoms with Crippen molar-refractivity contribution in [1.29, 1.82) is 0 Å². The Morgan fingerprint density at radius 2 is 1.75 bits per heavy atom. The molecule has 3 rings (SSSR count). The van der Waals surface area contributed by atoms with E-state index in [1.807, 2.05) is 0 Å². The largest absolute Gasteiger partial charge is 0.573 e. The summed E-state index contributed by atoms with van der Waals surface area (Å²) in [7, 11) is 1.63. The number of nitrogens with zero attached hydrogens (tertiary/aromatic N) is 2. The summed E-state index contributed by atoms with van der Waals surface area (Å²) in [6, 6.07) is 12.1. The molecule has 0 saturated heterocycles. The Morgan fingerprint density at radius 3 is 2.43 bits per heavy atom. The third-order valence-corrected chi connectivity index (χ3v) is 4.24. The van der Waals surface area contributed by atoms with E-state index in [0.717, 1.165) is 0 Å². The summed E-state index contributed by atoms with van der Waals surface area (Å²) in [4.78, 5) is 8.57. The van der Waals surface area contributed by atoms with Gasteiger partial charge >= 0.3 is 6.36 Å². The zero-order valence-electron chi connectivity index (χ0n) is 14.3. The Labute approximate surface area is 168 Å². The van der Waals surface area contributed by atoms with Gasteiger partial charge in [-0.05, 0) is 30.3 Å². The van der Waals surface area contributed by atoms with E-state index in [1.54, 1.807) is 37.4 Å². The highest BCUT2D eigenvalue weighted by Gasteiger charge is 2.31. The predicted molar refractivity (Wildman–Crippen MR) is 103 cm³/mol. The van der Waals surface area contributed by atoms with E-state index in [4.69, 9.17) is 23.2 Å². The first-order valence-corrected chi connectivity index (χ1v) is 8.64. The van der Waals surface area contributed by atoms with Gasteiger partial charge in [-0.3, -0.25) is 0 Å². The summed E-state index contributed by atoms with van der Waals surface area (Å²) in [5, 5.41) is 6.66. The average Bonchev–Trinajstić information content (AvgIpc) is 2.63. The smallest absolute Gasteiger partial charge is 0.406 e. The number of hydrogen-bond donors (Lipinski definition) is 2. The van der Waals surface area contributed by atoms with Crippen LogP contribution in [0.3, 0.4) is 0 Å². The number of aromatic nitrogens is 2. The van der Waals surface area contributed by atoms with Crippen LogP contribution < -0.4 is 15.4 Å². The molecule has 2 N–H and O–H groups in total. The second-order valence-electron chi connectivity index (χ2n) is 5.54. The van der Waals surface area contributed by atoms with Crippen LogP contribution in [0.15, 0.2) is 48.5 Å². The first kappa shape index (κ1) is 20.0. The second-order valence-corrected chi connectivity index (χ2v) is 6.36. The van der Waals surface area contributed by atoms with Crippen molar-refractivity contribution in [1.82, 2.24) is 9.97 Å². The molecule has 0 unspecified atom stereocenters. The molecule has 28 heavy (non-hydrogen) atoms. The van der Waals surface area contributed by atoms with Crippen LogP contribution in [0.2, 0.25) is 10.0 Å². The van der Waals surface area contributed by atoms with E-state index >= 15 is 0 Å². The fraction of sp³-hybridized carbons (Fsp3) is 0.111. The summed E-state index contributed by atoms with van der Waals surface area (Å²) in [5.41, 5.74) is 1.46. The molecular formula is C18H13Cl2F3N4O. The molecule has 0 fully saturated rings. The van der Waals surface area contributed by atoms with Crippen molar-refractivity contribution in [2.75, 3.05) is 17.7 Å². The van der Waals surface area contributed by atoms with Crippen LogP contribution in [0, 0.1) is 0 Å². The predicted octanol–water partition coefficient (Wildman–Crippen LogP) is 6.13. The number of halogens is 5. The van der Waals surface area contributed by atoms with Gasteiger partial charge in [0, 0.05) is 24.4 Å². The van der Waals surface area contributed by atoms with Gasteiger partial charge in [0.15, 0.2) is 0 Å².